The molecule has 134 valence electrons. The number of benzene rings is 1. The predicted molar refractivity (Wildman–Crippen MR) is 103 cm³/mol. The highest BCUT2D eigenvalue weighted by Crippen LogP contribution is 2.29. The molecule has 0 saturated carbocycles. The molecule has 7 heteroatoms. The van der Waals surface area contributed by atoms with Gasteiger partial charge in [0, 0.05) is 50.2 Å². The SMILES string of the molecule is CN.CSN1CCN(C(=O)N2CCC(c3ccc(Cl)cc3)C2)CC1. The Balaban J connectivity index is 0.00000100. The highest BCUT2D eigenvalue weighted by Gasteiger charge is 2.31. The number of hydrogen-bond acceptors (Lipinski definition) is 4. The average Bonchev–Trinajstić information content (AvgIpc) is 3.13. The highest BCUT2D eigenvalue weighted by molar-refractivity contribution is 7.96. The molecule has 2 heterocycles. The summed E-state index contributed by atoms with van der Waals surface area (Å²) >= 11 is 7.71. The third-order valence-corrected chi connectivity index (χ3v) is 5.70. The largest absolute Gasteiger partial charge is 0.333 e. The van der Waals surface area contributed by atoms with Crippen LogP contribution in [0.5, 0.6) is 0 Å². The van der Waals surface area contributed by atoms with Gasteiger partial charge >= 0.3 is 6.03 Å². The smallest absolute Gasteiger partial charge is 0.320 e. The summed E-state index contributed by atoms with van der Waals surface area (Å²) in [5.41, 5.74) is 5.78. The number of rotatable bonds is 2. The van der Waals surface area contributed by atoms with E-state index in [2.05, 4.69) is 28.4 Å². The number of piperazine rings is 1. The molecule has 1 unspecified atom stereocenters. The van der Waals surface area contributed by atoms with Gasteiger partial charge in [0.1, 0.15) is 0 Å². The Bertz CT molecular complexity index is 520. The first-order valence-electron chi connectivity index (χ1n) is 8.33. The molecule has 5 nitrogen and oxygen atoms in total. The van der Waals surface area contributed by atoms with Crippen LogP contribution in [0, 0.1) is 0 Å². The Morgan fingerprint density at radius 1 is 1.08 bits per heavy atom. The molecule has 2 N–H and O–H groups in total. The molecule has 0 aromatic heterocycles. The van der Waals surface area contributed by atoms with Gasteiger partial charge in [-0.25, -0.2) is 9.10 Å². The number of carbonyl (C=O) groups excluding carboxylic acids is 1. The minimum absolute atomic E-state index is 0.206. The number of nitrogens with zero attached hydrogens (tertiary/aromatic N) is 3. The van der Waals surface area contributed by atoms with Crippen molar-refractivity contribution in [1.82, 2.24) is 14.1 Å². The minimum atomic E-state index is 0.206. The van der Waals surface area contributed by atoms with Crippen LogP contribution in [0.1, 0.15) is 17.9 Å². The molecule has 1 atom stereocenters. The summed E-state index contributed by atoms with van der Waals surface area (Å²) < 4.78 is 2.31. The Hall–Kier alpha value is -0.950. The Labute approximate surface area is 154 Å². The first-order valence-corrected chi connectivity index (χ1v) is 9.89. The topological polar surface area (TPSA) is 52.8 Å². The first-order chi connectivity index (χ1) is 11.7. The monoisotopic (exact) mass is 370 g/mol. The van der Waals surface area contributed by atoms with E-state index in [0.29, 0.717) is 5.92 Å². The maximum absolute atomic E-state index is 12.6. The number of carbonyl (C=O) groups is 1. The quantitative estimate of drug-likeness (QED) is 0.813. The van der Waals surface area contributed by atoms with Crippen molar-refractivity contribution in [2.45, 2.75) is 12.3 Å². The van der Waals surface area contributed by atoms with Gasteiger partial charge in [0.05, 0.1) is 0 Å². The van der Waals surface area contributed by atoms with E-state index in [1.165, 1.54) is 12.6 Å². The second-order valence-electron chi connectivity index (χ2n) is 5.86. The lowest BCUT2D eigenvalue weighted by molar-refractivity contribution is 0.144. The van der Waals surface area contributed by atoms with Crippen LogP contribution in [0.2, 0.25) is 5.02 Å². The van der Waals surface area contributed by atoms with E-state index in [9.17, 15) is 4.79 Å². The van der Waals surface area contributed by atoms with Gasteiger partial charge in [-0.2, -0.15) is 0 Å². The lowest BCUT2D eigenvalue weighted by Gasteiger charge is -2.35. The number of nitrogens with two attached hydrogens (primary N) is 1. The zero-order chi connectivity index (χ0) is 17.5. The molecule has 3 rings (SSSR count). The van der Waals surface area contributed by atoms with Crippen molar-refractivity contribution in [3.05, 3.63) is 34.9 Å². The molecule has 2 aliphatic heterocycles. The summed E-state index contributed by atoms with van der Waals surface area (Å²) in [4.78, 5) is 16.6. The number of urea groups is 1. The first kappa shape index (κ1) is 19.4. The van der Waals surface area contributed by atoms with Crippen LogP contribution >= 0.6 is 23.5 Å². The molecular weight excluding hydrogens is 344 g/mol. The summed E-state index contributed by atoms with van der Waals surface area (Å²) in [7, 11) is 1.50. The summed E-state index contributed by atoms with van der Waals surface area (Å²) in [5, 5.41) is 0.765. The molecule has 0 aliphatic carbocycles. The van der Waals surface area contributed by atoms with E-state index in [4.69, 9.17) is 11.6 Å². The molecule has 1 aromatic rings. The lowest BCUT2D eigenvalue weighted by Crippen LogP contribution is -2.50. The van der Waals surface area contributed by atoms with Gasteiger partial charge in [0.15, 0.2) is 0 Å². The van der Waals surface area contributed by atoms with Crippen LogP contribution in [0.15, 0.2) is 24.3 Å². The molecular formula is C17H27ClN4OS. The number of likely N-dealkylation sites (tertiary alicyclic amines) is 1. The third kappa shape index (κ3) is 4.79. The van der Waals surface area contributed by atoms with Gasteiger partial charge in [-0.15, -0.1) is 0 Å². The summed E-state index contributed by atoms with van der Waals surface area (Å²) in [6.45, 7) is 5.27. The van der Waals surface area contributed by atoms with Gasteiger partial charge in [-0.1, -0.05) is 35.7 Å². The van der Waals surface area contributed by atoms with Crippen molar-refractivity contribution >= 4 is 29.6 Å². The van der Waals surface area contributed by atoms with Crippen molar-refractivity contribution in [3.63, 3.8) is 0 Å². The van der Waals surface area contributed by atoms with Crippen LogP contribution in [-0.4, -0.2) is 72.7 Å². The zero-order valence-electron chi connectivity index (χ0n) is 14.4. The van der Waals surface area contributed by atoms with Gasteiger partial charge in [0.25, 0.3) is 0 Å². The molecule has 0 bridgehead atoms. The zero-order valence-corrected chi connectivity index (χ0v) is 16.0. The van der Waals surface area contributed by atoms with Gasteiger partial charge in [-0.05, 0) is 37.4 Å². The van der Waals surface area contributed by atoms with Gasteiger partial charge < -0.3 is 15.5 Å². The fourth-order valence-corrected chi connectivity index (χ4v) is 3.86. The number of halogens is 1. The maximum atomic E-state index is 12.6. The van der Waals surface area contributed by atoms with Crippen molar-refractivity contribution in [3.8, 4) is 0 Å². The van der Waals surface area contributed by atoms with Crippen LogP contribution in [0.4, 0.5) is 4.79 Å². The Morgan fingerprint density at radius 2 is 1.71 bits per heavy atom. The van der Waals surface area contributed by atoms with E-state index >= 15 is 0 Å². The van der Waals surface area contributed by atoms with Crippen molar-refractivity contribution in [2.24, 2.45) is 5.73 Å². The molecule has 0 radical (unpaired) electrons. The van der Waals surface area contributed by atoms with Crippen LogP contribution in [0.3, 0.4) is 0 Å². The summed E-state index contributed by atoms with van der Waals surface area (Å²) in [6.07, 6.45) is 3.13. The Morgan fingerprint density at radius 3 is 2.29 bits per heavy atom. The Kier molecular flexibility index (Phi) is 7.68. The third-order valence-electron chi connectivity index (χ3n) is 4.57. The van der Waals surface area contributed by atoms with E-state index in [-0.39, 0.29) is 6.03 Å². The van der Waals surface area contributed by atoms with E-state index in [1.54, 1.807) is 11.9 Å². The second kappa shape index (κ2) is 9.51. The molecule has 24 heavy (non-hydrogen) atoms. The minimum Gasteiger partial charge on any atom is -0.333 e. The summed E-state index contributed by atoms with van der Waals surface area (Å²) in [5.74, 6) is 0.439. The predicted octanol–water partition coefficient (Wildman–Crippen LogP) is 2.72. The standard InChI is InChI=1S/C16H22ClN3OS.CH5N/c1-22-20-10-8-18(9-11-20)16(21)19-7-6-14(12-19)13-2-4-15(17)5-3-13;1-2/h2-5,14H,6-12H2,1H3;2H2,1H3. The lowest BCUT2D eigenvalue weighted by atomic mass is 9.99. The molecule has 2 fully saturated rings. The van der Waals surface area contributed by atoms with Gasteiger partial charge in [0.2, 0.25) is 0 Å². The molecule has 2 aliphatic rings. The molecule has 2 saturated heterocycles. The summed E-state index contributed by atoms with van der Waals surface area (Å²) in [6, 6.07) is 8.24. The normalized spacial score (nSPS) is 21.4. The van der Waals surface area contributed by atoms with Gasteiger partial charge in [-0.3, -0.25) is 0 Å². The maximum Gasteiger partial charge on any atom is 0.320 e. The van der Waals surface area contributed by atoms with Crippen molar-refractivity contribution in [2.75, 3.05) is 52.6 Å². The van der Waals surface area contributed by atoms with Crippen LogP contribution in [0.25, 0.3) is 0 Å². The van der Waals surface area contributed by atoms with Crippen LogP contribution in [-0.2, 0) is 0 Å². The number of amides is 2. The second-order valence-corrected chi connectivity index (χ2v) is 7.18. The fraction of sp³-hybridized carbons (Fsp3) is 0.588. The van der Waals surface area contributed by atoms with E-state index in [1.807, 2.05) is 21.9 Å². The number of hydrogen-bond donors (Lipinski definition) is 1. The highest BCUT2D eigenvalue weighted by atomic mass is 35.5. The molecule has 1 aromatic carbocycles. The molecule has 2 amide bonds. The van der Waals surface area contributed by atoms with Crippen LogP contribution < -0.4 is 5.73 Å². The van der Waals surface area contributed by atoms with Crippen molar-refractivity contribution < 1.29 is 4.79 Å². The van der Waals surface area contributed by atoms with E-state index in [0.717, 1.165) is 50.7 Å². The molecule has 0 spiro atoms. The average molecular weight is 371 g/mol. The van der Waals surface area contributed by atoms with Crippen molar-refractivity contribution in [1.29, 1.82) is 0 Å². The van der Waals surface area contributed by atoms with E-state index < -0.39 is 0 Å². The fourth-order valence-electron chi connectivity index (χ4n) is 3.20.